The molecule has 4 heteroatoms. The molecule has 1 aliphatic rings. The molecule has 0 bridgehead atoms. The fraction of sp³-hybridized carbons (Fsp3) is 0.636. The first-order valence-corrected chi connectivity index (χ1v) is 5.39. The van der Waals surface area contributed by atoms with Gasteiger partial charge < -0.3 is 10.4 Å². The second kappa shape index (κ2) is 4.24. The molecule has 1 heterocycles. The first-order valence-electron chi connectivity index (χ1n) is 5.39. The van der Waals surface area contributed by atoms with Gasteiger partial charge in [0.2, 0.25) is 0 Å². The smallest absolute Gasteiger partial charge is 0.0769 e. The first-order chi connectivity index (χ1) is 7.24. The lowest BCUT2D eigenvalue weighted by Crippen LogP contribution is -2.53. The fourth-order valence-electron chi connectivity index (χ4n) is 1.79. The highest BCUT2D eigenvalue weighted by molar-refractivity contribution is 5.06. The van der Waals surface area contributed by atoms with Crippen molar-refractivity contribution in [2.75, 3.05) is 6.61 Å². The Balaban J connectivity index is 1.90. The van der Waals surface area contributed by atoms with Gasteiger partial charge in [-0.05, 0) is 38.3 Å². The van der Waals surface area contributed by atoms with Crippen molar-refractivity contribution >= 4 is 0 Å². The molecule has 2 N–H and O–H groups in total. The lowest BCUT2D eigenvalue weighted by atomic mass is 9.77. The van der Waals surface area contributed by atoms with Gasteiger partial charge in [0.05, 0.1) is 18.0 Å². The number of aliphatic hydroxyl groups excluding tert-OH is 1. The molecule has 1 fully saturated rings. The van der Waals surface area contributed by atoms with E-state index in [4.69, 9.17) is 0 Å². The molecule has 0 saturated heterocycles. The highest BCUT2D eigenvalue weighted by atomic mass is 16.3. The summed E-state index contributed by atoms with van der Waals surface area (Å²) in [6, 6.07) is 3.93. The van der Waals surface area contributed by atoms with E-state index in [0.29, 0.717) is 6.54 Å². The van der Waals surface area contributed by atoms with Gasteiger partial charge in [0.25, 0.3) is 0 Å². The summed E-state index contributed by atoms with van der Waals surface area (Å²) < 4.78 is 0. The minimum atomic E-state index is -0.0490. The number of aromatic nitrogens is 2. The van der Waals surface area contributed by atoms with Crippen molar-refractivity contribution in [1.29, 1.82) is 0 Å². The molecule has 2 rings (SSSR count). The second-order valence-corrected chi connectivity index (χ2v) is 4.31. The standard InChI is InChI=1S/C11H17N3O/c1-9-3-4-10(14-13-9)7-12-11(8-15)5-2-6-11/h3-4,12,15H,2,5-8H2,1H3. The number of nitrogens with zero attached hydrogens (tertiary/aromatic N) is 2. The van der Waals surface area contributed by atoms with Crippen LogP contribution in [0.25, 0.3) is 0 Å². The quantitative estimate of drug-likeness (QED) is 0.766. The molecule has 82 valence electrons. The van der Waals surface area contributed by atoms with Crippen molar-refractivity contribution < 1.29 is 5.11 Å². The van der Waals surface area contributed by atoms with Gasteiger partial charge >= 0.3 is 0 Å². The molecule has 0 amide bonds. The molecule has 0 aliphatic heterocycles. The van der Waals surface area contributed by atoms with Crippen molar-refractivity contribution in [2.24, 2.45) is 0 Å². The number of nitrogens with one attached hydrogen (secondary N) is 1. The van der Waals surface area contributed by atoms with Crippen LogP contribution in [0, 0.1) is 6.92 Å². The maximum atomic E-state index is 9.26. The van der Waals surface area contributed by atoms with Gasteiger partial charge in [-0.3, -0.25) is 0 Å². The zero-order valence-electron chi connectivity index (χ0n) is 9.03. The molecule has 1 saturated carbocycles. The Morgan fingerprint density at radius 2 is 2.20 bits per heavy atom. The van der Waals surface area contributed by atoms with E-state index in [1.54, 1.807) is 0 Å². The highest BCUT2D eigenvalue weighted by Gasteiger charge is 2.35. The summed E-state index contributed by atoms with van der Waals surface area (Å²) in [7, 11) is 0. The monoisotopic (exact) mass is 207 g/mol. The maximum absolute atomic E-state index is 9.26. The highest BCUT2D eigenvalue weighted by Crippen LogP contribution is 2.31. The van der Waals surface area contributed by atoms with Crippen LogP contribution in [-0.2, 0) is 6.54 Å². The van der Waals surface area contributed by atoms with Crippen molar-refractivity contribution in [2.45, 2.75) is 38.3 Å². The van der Waals surface area contributed by atoms with Crippen molar-refractivity contribution in [3.05, 3.63) is 23.5 Å². The fourth-order valence-corrected chi connectivity index (χ4v) is 1.79. The summed E-state index contributed by atoms with van der Waals surface area (Å²) >= 11 is 0. The predicted octanol–water partition coefficient (Wildman–Crippen LogP) is 0.790. The van der Waals surface area contributed by atoms with Crippen molar-refractivity contribution in [3.8, 4) is 0 Å². The van der Waals surface area contributed by atoms with Gasteiger partial charge in [0.15, 0.2) is 0 Å². The van der Waals surface area contributed by atoms with Crippen LogP contribution in [0.5, 0.6) is 0 Å². The van der Waals surface area contributed by atoms with E-state index in [1.807, 2.05) is 19.1 Å². The van der Waals surface area contributed by atoms with E-state index in [-0.39, 0.29) is 12.1 Å². The van der Waals surface area contributed by atoms with Crippen LogP contribution >= 0.6 is 0 Å². The Kier molecular flexibility index (Phi) is 2.98. The molecule has 0 unspecified atom stereocenters. The summed E-state index contributed by atoms with van der Waals surface area (Å²) in [5, 5.41) is 20.7. The van der Waals surface area contributed by atoms with Crippen LogP contribution in [0.4, 0.5) is 0 Å². The van der Waals surface area contributed by atoms with Gasteiger partial charge in [-0.25, -0.2) is 0 Å². The lowest BCUT2D eigenvalue weighted by Gasteiger charge is -2.41. The van der Waals surface area contributed by atoms with Crippen LogP contribution < -0.4 is 5.32 Å². The lowest BCUT2D eigenvalue weighted by molar-refractivity contribution is 0.0868. The Morgan fingerprint density at radius 1 is 1.40 bits per heavy atom. The van der Waals surface area contributed by atoms with Gasteiger partial charge in [-0.1, -0.05) is 0 Å². The van der Waals surface area contributed by atoms with Crippen LogP contribution in [0.2, 0.25) is 0 Å². The topological polar surface area (TPSA) is 58.0 Å². The van der Waals surface area contributed by atoms with Crippen molar-refractivity contribution in [1.82, 2.24) is 15.5 Å². The third kappa shape index (κ3) is 2.33. The molecule has 0 spiro atoms. The van der Waals surface area contributed by atoms with E-state index in [9.17, 15) is 5.11 Å². The molecule has 0 radical (unpaired) electrons. The van der Waals surface area contributed by atoms with Crippen molar-refractivity contribution in [3.63, 3.8) is 0 Å². The van der Waals surface area contributed by atoms with E-state index < -0.39 is 0 Å². The van der Waals surface area contributed by atoms with Gasteiger partial charge in [0, 0.05) is 12.1 Å². The average molecular weight is 207 g/mol. The van der Waals surface area contributed by atoms with E-state index in [2.05, 4.69) is 15.5 Å². The largest absolute Gasteiger partial charge is 0.394 e. The van der Waals surface area contributed by atoms with E-state index >= 15 is 0 Å². The number of aryl methyl sites for hydroxylation is 1. The zero-order valence-corrected chi connectivity index (χ0v) is 9.03. The normalized spacial score (nSPS) is 18.5. The molecule has 4 nitrogen and oxygen atoms in total. The zero-order chi connectivity index (χ0) is 10.7. The second-order valence-electron chi connectivity index (χ2n) is 4.31. The molecule has 1 aliphatic carbocycles. The van der Waals surface area contributed by atoms with E-state index in [0.717, 1.165) is 24.2 Å². The molecular formula is C11H17N3O. The summed E-state index contributed by atoms with van der Waals surface area (Å²) in [5.41, 5.74) is 1.81. The minimum Gasteiger partial charge on any atom is -0.394 e. The van der Waals surface area contributed by atoms with Gasteiger partial charge in [-0.15, -0.1) is 0 Å². The molecule has 15 heavy (non-hydrogen) atoms. The molecule has 0 aromatic carbocycles. The third-order valence-corrected chi connectivity index (χ3v) is 3.11. The number of hydrogen-bond donors (Lipinski definition) is 2. The summed E-state index contributed by atoms with van der Waals surface area (Å²) in [5.74, 6) is 0. The summed E-state index contributed by atoms with van der Waals surface area (Å²) in [6.07, 6.45) is 3.32. The Hall–Kier alpha value is -1.00. The van der Waals surface area contributed by atoms with Gasteiger partial charge in [-0.2, -0.15) is 10.2 Å². The Labute approximate surface area is 89.7 Å². The SMILES string of the molecule is Cc1ccc(CNC2(CO)CCC2)nn1. The van der Waals surface area contributed by atoms with Crippen LogP contribution in [0.15, 0.2) is 12.1 Å². The van der Waals surface area contributed by atoms with Crippen LogP contribution in [0.3, 0.4) is 0 Å². The first kappa shape index (κ1) is 10.5. The Morgan fingerprint density at radius 3 is 2.67 bits per heavy atom. The minimum absolute atomic E-state index is 0.0490. The number of rotatable bonds is 4. The van der Waals surface area contributed by atoms with E-state index in [1.165, 1.54) is 6.42 Å². The van der Waals surface area contributed by atoms with Crippen LogP contribution in [-0.4, -0.2) is 27.4 Å². The summed E-state index contributed by atoms with van der Waals surface area (Å²) in [4.78, 5) is 0. The molecular weight excluding hydrogens is 190 g/mol. The average Bonchev–Trinajstić information content (AvgIpc) is 2.20. The molecule has 0 atom stereocenters. The molecule has 1 aromatic rings. The summed E-state index contributed by atoms with van der Waals surface area (Å²) in [6.45, 7) is 2.82. The Bertz CT molecular complexity index is 314. The molecule has 1 aromatic heterocycles. The number of aliphatic hydroxyl groups is 1. The van der Waals surface area contributed by atoms with Gasteiger partial charge in [0.1, 0.15) is 0 Å². The number of hydrogen-bond acceptors (Lipinski definition) is 4. The predicted molar refractivity (Wildman–Crippen MR) is 57.3 cm³/mol. The maximum Gasteiger partial charge on any atom is 0.0769 e. The van der Waals surface area contributed by atoms with Crippen LogP contribution in [0.1, 0.15) is 30.7 Å². The third-order valence-electron chi connectivity index (χ3n) is 3.11.